The summed E-state index contributed by atoms with van der Waals surface area (Å²) in [4.78, 5) is 10.8. The molecule has 0 heterocycles. The third-order valence-electron chi connectivity index (χ3n) is 5.15. The number of rotatable bonds is 12. The van der Waals surface area contributed by atoms with Gasteiger partial charge in [-0.15, -0.1) is 0 Å². The minimum absolute atomic E-state index is 0.372. The zero-order valence-corrected chi connectivity index (χ0v) is 19.9. The Kier molecular flexibility index (Phi) is 11.2. The van der Waals surface area contributed by atoms with Gasteiger partial charge in [-0.2, -0.15) is 0 Å². The van der Waals surface area contributed by atoms with Crippen molar-refractivity contribution < 1.29 is 14.6 Å². The Labute approximate surface area is 183 Å². The van der Waals surface area contributed by atoms with Crippen LogP contribution < -0.4 is 4.74 Å². The Hall–Kier alpha value is -2.29. The van der Waals surface area contributed by atoms with E-state index in [-0.39, 0.29) is 0 Å². The van der Waals surface area contributed by atoms with Gasteiger partial charge in [0.1, 0.15) is 5.75 Å². The first kappa shape index (κ1) is 25.7. The van der Waals surface area contributed by atoms with Gasteiger partial charge in [-0.3, -0.25) is 0 Å². The first-order valence-corrected chi connectivity index (χ1v) is 11.2. The van der Waals surface area contributed by atoms with Crippen molar-refractivity contribution in [2.45, 2.75) is 86.0 Å². The van der Waals surface area contributed by atoms with E-state index < -0.39 is 5.97 Å². The number of carboxylic acid groups (broad SMARTS) is 1. The topological polar surface area (TPSA) is 46.5 Å². The molecular weight excluding hydrogens is 372 g/mol. The van der Waals surface area contributed by atoms with Crippen LogP contribution in [0.25, 0.3) is 5.57 Å². The van der Waals surface area contributed by atoms with Gasteiger partial charge in [0.2, 0.25) is 0 Å². The fourth-order valence-corrected chi connectivity index (χ4v) is 3.27. The van der Waals surface area contributed by atoms with E-state index in [0.717, 1.165) is 29.9 Å². The van der Waals surface area contributed by atoms with Gasteiger partial charge >= 0.3 is 5.97 Å². The largest absolute Gasteiger partial charge is 0.493 e. The molecule has 0 saturated carbocycles. The van der Waals surface area contributed by atoms with E-state index >= 15 is 0 Å². The highest BCUT2D eigenvalue weighted by molar-refractivity contribution is 5.81. The molecule has 0 saturated heterocycles. The molecule has 0 aromatic heterocycles. The predicted molar refractivity (Wildman–Crippen MR) is 128 cm³/mol. The average Bonchev–Trinajstić information content (AvgIpc) is 2.66. The molecular formula is C27H40O3. The van der Waals surface area contributed by atoms with E-state index in [1.165, 1.54) is 36.5 Å². The Morgan fingerprint density at radius 3 is 2.33 bits per heavy atom. The van der Waals surface area contributed by atoms with Gasteiger partial charge in [0.15, 0.2) is 0 Å². The molecule has 1 aromatic rings. The standard InChI is InChI=1S/C27H40O3/c1-8-9-10-11-15-30-27-24(20(4)5)17-23(19(2)3)18-25(27)22(7)14-12-13-21(6)16-26(28)29/h12-14,16-20H,8-11,15H2,1-7H3,(H,28,29)/b13-12+,21-16-,22-14?. The molecule has 0 radical (unpaired) electrons. The van der Waals surface area contributed by atoms with Gasteiger partial charge in [-0.25, -0.2) is 4.79 Å². The second-order valence-electron chi connectivity index (χ2n) is 8.64. The lowest BCUT2D eigenvalue weighted by atomic mass is 9.89. The van der Waals surface area contributed by atoms with Crippen molar-refractivity contribution in [3.8, 4) is 5.75 Å². The van der Waals surface area contributed by atoms with Gasteiger partial charge in [0, 0.05) is 11.6 Å². The summed E-state index contributed by atoms with van der Waals surface area (Å²) in [5.41, 5.74) is 5.51. The van der Waals surface area contributed by atoms with E-state index in [4.69, 9.17) is 9.84 Å². The number of allylic oxidation sites excluding steroid dienone is 5. The van der Waals surface area contributed by atoms with Gasteiger partial charge in [-0.1, -0.05) is 78.2 Å². The van der Waals surface area contributed by atoms with Crippen LogP contribution in [-0.2, 0) is 4.79 Å². The molecule has 1 aromatic carbocycles. The molecule has 0 bridgehead atoms. The number of aliphatic carboxylic acids is 1. The molecule has 0 spiro atoms. The molecule has 1 rings (SSSR count). The Balaban J connectivity index is 3.31. The minimum atomic E-state index is -0.928. The van der Waals surface area contributed by atoms with Gasteiger partial charge in [0.25, 0.3) is 0 Å². The molecule has 0 aliphatic heterocycles. The number of unbranched alkanes of at least 4 members (excludes halogenated alkanes) is 3. The molecule has 166 valence electrons. The molecule has 0 atom stereocenters. The zero-order valence-electron chi connectivity index (χ0n) is 19.9. The number of ether oxygens (including phenoxy) is 1. The SMILES string of the molecule is CCCCCCOc1c(C(C)=C/C=C/C(C)=C\C(=O)O)cc(C(C)C)cc1C(C)C. The lowest BCUT2D eigenvalue weighted by Gasteiger charge is -2.21. The van der Waals surface area contributed by atoms with Crippen LogP contribution in [0.15, 0.2) is 42.0 Å². The maximum Gasteiger partial charge on any atom is 0.328 e. The summed E-state index contributed by atoms with van der Waals surface area (Å²) in [6.45, 7) is 15.7. The molecule has 3 heteroatoms. The first-order chi connectivity index (χ1) is 14.2. The molecule has 0 amide bonds. The zero-order chi connectivity index (χ0) is 22.7. The van der Waals surface area contributed by atoms with E-state index in [1.54, 1.807) is 6.92 Å². The normalized spacial score (nSPS) is 13.0. The fraction of sp³-hybridized carbons (Fsp3) is 0.519. The second-order valence-corrected chi connectivity index (χ2v) is 8.64. The second kappa shape index (κ2) is 13.1. The van der Waals surface area contributed by atoms with Crippen LogP contribution in [0.4, 0.5) is 0 Å². The van der Waals surface area contributed by atoms with Crippen molar-refractivity contribution in [1.29, 1.82) is 0 Å². The van der Waals surface area contributed by atoms with Crippen LogP contribution in [0.2, 0.25) is 0 Å². The number of hydrogen-bond acceptors (Lipinski definition) is 2. The van der Waals surface area contributed by atoms with Crippen LogP contribution in [0.5, 0.6) is 5.75 Å². The maximum absolute atomic E-state index is 10.8. The molecule has 0 fully saturated rings. The molecule has 3 nitrogen and oxygen atoms in total. The minimum Gasteiger partial charge on any atom is -0.493 e. The molecule has 0 unspecified atom stereocenters. The summed E-state index contributed by atoms with van der Waals surface area (Å²) in [5, 5.41) is 8.87. The van der Waals surface area contributed by atoms with E-state index in [1.807, 2.05) is 18.2 Å². The number of carbonyl (C=O) groups is 1. The van der Waals surface area contributed by atoms with Crippen LogP contribution in [0, 0.1) is 0 Å². The highest BCUT2D eigenvalue weighted by Crippen LogP contribution is 2.37. The van der Waals surface area contributed by atoms with Crippen molar-refractivity contribution >= 4 is 11.5 Å². The molecule has 1 N–H and O–H groups in total. The smallest absolute Gasteiger partial charge is 0.328 e. The summed E-state index contributed by atoms with van der Waals surface area (Å²) < 4.78 is 6.36. The average molecular weight is 413 g/mol. The van der Waals surface area contributed by atoms with E-state index in [0.29, 0.717) is 17.4 Å². The number of carboxylic acids is 1. The van der Waals surface area contributed by atoms with Gasteiger partial charge in [-0.05, 0) is 60.4 Å². The fourth-order valence-electron chi connectivity index (χ4n) is 3.27. The van der Waals surface area contributed by atoms with Crippen molar-refractivity contribution in [3.05, 3.63) is 58.7 Å². The summed E-state index contributed by atoms with van der Waals surface area (Å²) >= 11 is 0. The monoisotopic (exact) mass is 412 g/mol. The van der Waals surface area contributed by atoms with Gasteiger partial charge < -0.3 is 9.84 Å². The lowest BCUT2D eigenvalue weighted by Crippen LogP contribution is -2.06. The van der Waals surface area contributed by atoms with Crippen molar-refractivity contribution in [2.24, 2.45) is 0 Å². The van der Waals surface area contributed by atoms with Crippen LogP contribution in [0.3, 0.4) is 0 Å². The van der Waals surface area contributed by atoms with Crippen LogP contribution in [-0.4, -0.2) is 17.7 Å². The summed E-state index contributed by atoms with van der Waals surface area (Å²) in [7, 11) is 0. The molecule has 30 heavy (non-hydrogen) atoms. The maximum atomic E-state index is 10.8. The summed E-state index contributed by atoms with van der Waals surface area (Å²) in [6.07, 6.45) is 11.7. The Bertz CT molecular complexity index is 780. The summed E-state index contributed by atoms with van der Waals surface area (Å²) in [6, 6.07) is 4.54. The molecule has 0 aliphatic carbocycles. The third kappa shape index (κ3) is 8.61. The highest BCUT2D eigenvalue weighted by Gasteiger charge is 2.17. The Morgan fingerprint density at radius 1 is 1.07 bits per heavy atom. The van der Waals surface area contributed by atoms with Crippen LogP contribution >= 0.6 is 0 Å². The van der Waals surface area contributed by atoms with Crippen molar-refractivity contribution in [2.75, 3.05) is 6.61 Å². The van der Waals surface area contributed by atoms with Crippen molar-refractivity contribution in [1.82, 2.24) is 0 Å². The Morgan fingerprint density at radius 2 is 1.77 bits per heavy atom. The van der Waals surface area contributed by atoms with Crippen molar-refractivity contribution in [3.63, 3.8) is 0 Å². The molecule has 0 aliphatic rings. The van der Waals surface area contributed by atoms with Gasteiger partial charge in [0.05, 0.1) is 6.61 Å². The predicted octanol–water partition coefficient (Wildman–Crippen LogP) is 7.88. The first-order valence-electron chi connectivity index (χ1n) is 11.2. The lowest BCUT2D eigenvalue weighted by molar-refractivity contribution is -0.131. The van der Waals surface area contributed by atoms with E-state index in [9.17, 15) is 4.79 Å². The quantitative estimate of drug-likeness (QED) is 0.216. The van der Waals surface area contributed by atoms with Crippen LogP contribution in [0.1, 0.15) is 103 Å². The highest BCUT2D eigenvalue weighted by atomic mass is 16.5. The van der Waals surface area contributed by atoms with E-state index in [2.05, 4.69) is 53.7 Å². The summed E-state index contributed by atoms with van der Waals surface area (Å²) in [5.74, 6) is 0.870. The number of hydrogen-bond donors (Lipinski definition) is 1. The third-order valence-corrected chi connectivity index (χ3v) is 5.15. The number of benzene rings is 1.